The van der Waals surface area contributed by atoms with Crippen molar-refractivity contribution >= 4 is 49.6 Å². The molecule has 13 rings (SSSR count). The van der Waals surface area contributed by atoms with Crippen LogP contribution in [0.3, 0.4) is 0 Å². The second-order valence-electron chi connectivity index (χ2n) is 19.1. The molecule has 68 heavy (non-hydrogen) atoms. The van der Waals surface area contributed by atoms with E-state index in [0.29, 0.717) is 5.92 Å². The van der Waals surface area contributed by atoms with Gasteiger partial charge >= 0.3 is 0 Å². The van der Waals surface area contributed by atoms with E-state index in [1.807, 2.05) is 0 Å². The fourth-order valence-electron chi connectivity index (χ4n) is 12.3. The van der Waals surface area contributed by atoms with Crippen LogP contribution in [0.4, 0.5) is 17.1 Å². The molecule has 1 aromatic heterocycles. The number of para-hydroxylation sites is 4. The van der Waals surface area contributed by atoms with Crippen LogP contribution in [0.25, 0.3) is 71.6 Å². The summed E-state index contributed by atoms with van der Waals surface area (Å²) in [5, 5.41) is 5.20. The minimum absolute atomic E-state index is 0.353. The molecule has 326 valence electrons. The number of anilines is 3. The Kier molecular flexibility index (Phi) is 9.75. The first-order valence-electron chi connectivity index (χ1n) is 24.5. The zero-order valence-electron chi connectivity index (χ0n) is 38.4. The van der Waals surface area contributed by atoms with Gasteiger partial charge in [0.15, 0.2) is 0 Å². The number of hydrogen-bond donors (Lipinski definition) is 0. The molecule has 1 heterocycles. The zero-order chi connectivity index (χ0) is 45.2. The molecule has 1 atom stereocenters. The molecule has 1 saturated carbocycles. The summed E-state index contributed by atoms with van der Waals surface area (Å²) in [5.41, 5.74) is 19.5. The van der Waals surface area contributed by atoms with Gasteiger partial charge in [-0.15, -0.1) is 0 Å². The molecular formula is C66H52N2. The molecule has 0 saturated heterocycles. The van der Waals surface area contributed by atoms with Gasteiger partial charge in [0.05, 0.1) is 28.1 Å². The van der Waals surface area contributed by atoms with Crippen molar-refractivity contribution in [2.75, 3.05) is 4.90 Å². The Hall–Kier alpha value is -7.94. The molecule has 1 unspecified atom stereocenters. The fraction of sp³-hybridized carbons (Fsp3) is 0.121. The van der Waals surface area contributed by atoms with Crippen LogP contribution < -0.4 is 4.90 Å². The Morgan fingerprint density at radius 3 is 1.84 bits per heavy atom. The largest absolute Gasteiger partial charge is 0.309 e. The second kappa shape index (κ2) is 16.4. The maximum atomic E-state index is 2.61. The van der Waals surface area contributed by atoms with Crippen LogP contribution >= 0.6 is 0 Å². The summed E-state index contributed by atoms with van der Waals surface area (Å²) in [7, 11) is 0. The Bertz CT molecular complexity index is 3680. The summed E-state index contributed by atoms with van der Waals surface area (Å²) in [4.78, 5) is 2.61. The van der Waals surface area contributed by atoms with Crippen LogP contribution in [0.1, 0.15) is 67.2 Å². The van der Waals surface area contributed by atoms with Gasteiger partial charge in [0.1, 0.15) is 0 Å². The molecule has 2 heteroatoms. The first kappa shape index (κ1) is 40.3. The van der Waals surface area contributed by atoms with E-state index in [2.05, 4.69) is 247 Å². The van der Waals surface area contributed by atoms with Gasteiger partial charge in [-0.25, -0.2) is 0 Å². The third kappa shape index (κ3) is 6.31. The van der Waals surface area contributed by atoms with Gasteiger partial charge in [-0.3, -0.25) is 0 Å². The van der Waals surface area contributed by atoms with Crippen LogP contribution in [0.5, 0.6) is 0 Å². The quantitative estimate of drug-likeness (QED) is 0.148. The maximum Gasteiger partial charge on any atom is 0.0547 e. The highest BCUT2D eigenvalue weighted by molar-refractivity contribution is 6.11. The van der Waals surface area contributed by atoms with Crippen molar-refractivity contribution in [3.63, 3.8) is 0 Å². The van der Waals surface area contributed by atoms with E-state index >= 15 is 0 Å². The Morgan fingerprint density at radius 1 is 0.441 bits per heavy atom. The number of hydrogen-bond acceptors (Lipinski definition) is 1. The molecular weight excluding hydrogens is 821 g/mol. The number of benzene rings is 10. The lowest BCUT2D eigenvalue weighted by molar-refractivity contribution is 0.445. The van der Waals surface area contributed by atoms with Gasteiger partial charge < -0.3 is 9.47 Å². The summed E-state index contributed by atoms with van der Waals surface area (Å²) in [6.45, 7) is 2.42. The van der Waals surface area contributed by atoms with Crippen LogP contribution in [-0.4, -0.2) is 4.57 Å². The third-order valence-corrected chi connectivity index (χ3v) is 15.5. The van der Waals surface area contributed by atoms with Crippen molar-refractivity contribution in [2.45, 2.75) is 50.4 Å². The number of nitrogens with zero attached hydrogens (tertiary/aromatic N) is 2. The molecule has 0 amide bonds. The highest BCUT2D eigenvalue weighted by Gasteiger charge is 2.42. The average Bonchev–Trinajstić information content (AvgIpc) is 3.89. The summed E-state index contributed by atoms with van der Waals surface area (Å²) in [6, 6.07) is 86.3. The van der Waals surface area contributed by atoms with Crippen LogP contribution in [0, 0.1) is 0 Å². The van der Waals surface area contributed by atoms with Crippen molar-refractivity contribution in [2.24, 2.45) is 0 Å². The first-order chi connectivity index (χ1) is 33.7. The lowest BCUT2D eigenvalue weighted by Crippen LogP contribution is -2.22. The van der Waals surface area contributed by atoms with Crippen molar-refractivity contribution in [1.29, 1.82) is 0 Å². The van der Waals surface area contributed by atoms with Crippen LogP contribution in [-0.2, 0) is 5.41 Å². The van der Waals surface area contributed by atoms with Gasteiger partial charge in [-0.2, -0.15) is 0 Å². The monoisotopic (exact) mass is 872 g/mol. The van der Waals surface area contributed by atoms with Crippen molar-refractivity contribution in [1.82, 2.24) is 4.57 Å². The number of rotatable bonds is 8. The van der Waals surface area contributed by atoms with E-state index in [1.54, 1.807) is 0 Å². The predicted molar refractivity (Wildman–Crippen MR) is 287 cm³/mol. The minimum atomic E-state index is -0.353. The van der Waals surface area contributed by atoms with E-state index in [9.17, 15) is 0 Å². The molecule has 2 aliphatic rings. The van der Waals surface area contributed by atoms with Gasteiger partial charge in [0, 0.05) is 38.6 Å². The highest BCUT2D eigenvalue weighted by atomic mass is 15.2. The van der Waals surface area contributed by atoms with E-state index in [-0.39, 0.29) is 5.41 Å². The fourth-order valence-corrected chi connectivity index (χ4v) is 12.3. The average molecular weight is 873 g/mol. The summed E-state index contributed by atoms with van der Waals surface area (Å²) < 4.78 is 2.43. The molecule has 0 N–H and O–H groups in total. The van der Waals surface area contributed by atoms with Gasteiger partial charge in [-0.05, 0) is 118 Å². The molecule has 0 radical (unpaired) electrons. The van der Waals surface area contributed by atoms with Crippen LogP contribution in [0.15, 0.2) is 231 Å². The second-order valence-corrected chi connectivity index (χ2v) is 19.1. The third-order valence-electron chi connectivity index (χ3n) is 15.5. The molecule has 0 aliphatic heterocycles. The first-order valence-corrected chi connectivity index (χ1v) is 24.5. The summed E-state index contributed by atoms with van der Waals surface area (Å²) in [6.07, 6.45) is 6.42. The van der Waals surface area contributed by atoms with Gasteiger partial charge in [-0.1, -0.05) is 207 Å². The van der Waals surface area contributed by atoms with E-state index < -0.39 is 0 Å². The van der Waals surface area contributed by atoms with Gasteiger partial charge in [0.2, 0.25) is 0 Å². The minimum Gasteiger partial charge on any atom is -0.309 e. The lowest BCUT2D eigenvalue weighted by Gasteiger charge is -2.33. The Morgan fingerprint density at radius 2 is 1.03 bits per heavy atom. The topological polar surface area (TPSA) is 8.17 Å². The zero-order valence-corrected chi connectivity index (χ0v) is 38.4. The van der Waals surface area contributed by atoms with E-state index in [0.717, 1.165) is 17.1 Å². The summed E-state index contributed by atoms with van der Waals surface area (Å²) in [5.74, 6) is 0.559. The van der Waals surface area contributed by atoms with Crippen molar-refractivity contribution in [3.05, 3.63) is 253 Å². The summed E-state index contributed by atoms with van der Waals surface area (Å²) >= 11 is 0. The molecule has 0 spiro atoms. The Balaban J connectivity index is 1.10. The van der Waals surface area contributed by atoms with E-state index in [1.165, 1.54) is 126 Å². The highest BCUT2D eigenvalue weighted by Crippen LogP contribution is 2.58. The standard InChI is InChI=1S/C66H52N2/c1-66(48-26-7-3-8-27-48)57-36-15-11-33-56(57)65-58(66)37-21-41-62(65)68(61-40-18-14-32-53(61)55-35-20-25-46-24-19-34-51(64(46)55)45-22-5-2-6-23-45)59-38-16-12-30-50(59)47-42-43-54-52-31-13-17-39-60(52)67(63(54)44-47)49-28-9-4-10-29-49/h3-4,7-21,24-45H,2,5-6,22-23H2,1H3. The van der Waals surface area contributed by atoms with E-state index in [4.69, 9.17) is 0 Å². The molecule has 2 aliphatic carbocycles. The molecule has 1 fully saturated rings. The molecule has 0 bridgehead atoms. The van der Waals surface area contributed by atoms with Crippen molar-refractivity contribution in [3.8, 4) is 39.1 Å². The number of aromatic nitrogens is 1. The smallest absolute Gasteiger partial charge is 0.0547 e. The predicted octanol–water partition coefficient (Wildman–Crippen LogP) is 18.1. The van der Waals surface area contributed by atoms with Crippen LogP contribution in [0.2, 0.25) is 0 Å². The molecule has 10 aromatic carbocycles. The lowest BCUT2D eigenvalue weighted by atomic mass is 9.74. The number of fused-ring (bicyclic) bond motifs is 7. The Labute approximate surface area is 399 Å². The normalized spacial score (nSPS) is 15.7. The maximum absolute atomic E-state index is 2.61. The molecule has 2 nitrogen and oxygen atoms in total. The van der Waals surface area contributed by atoms with Gasteiger partial charge in [0.25, 0.3) is 0 Å². The molecule has 11 aromatic rings. The SMILES string of the molecule is CC1(c2ccccc2)c2ccccc2-c2c(N(c3ccccc3-c3ccc4c5ccccc5n(-c5ccccc5)c4c3)c3ccccc3-c3cccc4cccc(C5CCCCC5)c34)cccc21. The van der Waals surface area contributed by atoms with Crippen molar-refractivity contribution < 1.29 is 0 Å².